The van der Waals surface area contributed by atoms with Crippen molar-refractivity contribution in [3.63, 3.8) is 0 Å². The van der Waals surface area contributed by atoms with E-state index < -0.39 is 80.6 Å². The van der Waals surface area contributed by atoms with Gasteiger partial charge >= 0.3 is 0 Å². The number of para-hydroxylation sites is 1. The van der Waals surface area contributed by atoms with Crippen LogP contribution in [0.15, 0.2) is 63.8 Å². The maximum atomic E-state index is 14.6. The smallest absolute Gasteiger partial charge is 0.255 e. The number of likely N-dealkylation sites (N-methyl/N-ethyl adjacent to an activating group) is 1. The van der Waals surface area contributed by atoms with Crippen molar-refractivity contribution in [2.24, 2.45) is 28.3 Å². The number of amides is 1. The maximum Gasteiger partial charge on any atom is 0.255 e. The van der Waals surface area contributed by atoms with Crippen LogP contribution in [0.4, 0.5) is 0 Å². The summed E-state index contributed by atoms with van der Waals surface area (Å²) in [6, 6.07) is 9.79. The van der Waals surface area contributed by atoms with Crippen molar-refractivity contribution >= 4 is 34.2 Å². The van der Waals surface area contributed by atoms with Crippen LogP contribution in [0.2, 0.25) is 0 Å². The Morgan fingerprint density at radius 3 is 2.34 bits per heavy atom. The quantitative estimate of drug-likeness (QED) is 0.180. The van der Waals surface area contributed by atoms with E-state index in [2.05, 4.69) is 0 Å². The van der Waals surface area contributed by atoms with Crippen LogP contribution in [-0.4, -0.2) is 80.1 Å². The number of phenolic OH excluding ortho intramolecular Hbond substituents is 1. The molecule has 3 aromatic rings. The second kappa shape index (κ2) is 8.99. The number of benzene rings is 2. The number of nitrogens with two attached hydrogens (primary N) is 4. The molecule has 0 unspecified atom stereocenters. The molecule has 0 radical (unpaired) electrons. The minimum atomic E-state index is -3.06. The Hall–Kier alpha value is -5.04. The molecule has 6 rings (SSSR count). The Labute approximate surface area is 249 Å². The zero-order valence-electron chi connectivity index (χ0n) is 23.4. The number of furan rings is 1. The molecule has 12 N–H and O–H groups in total. The van der Waals surface area contributed by atoms with Gasteiger partial charge in [-0.05, 0) is 37.9 Å². The Kier molecular flexibility index (Phi) is 5.93. The fourth-order valence-electron chi connectivity index (χ4n) is 7.19. The molecule has 226 valence electrons. The maximum absolute atomic E-state index is 14.6. The van der Waals surface area contributed by atoms with Crippen molar-refractivity contribution < 1.29 is 39.2 Å². The van der Waals surface area contributed by atoms with Crippen LogP contribution < -0.4 is 22.9 Å². The number of nitriles is 1. The van der Waals surface area contributed by atoms with Gasteiger partial charge in [0.1, 0.15) is 45.8 Å². The van der Waals surface area contributed by atoms with Gasteiger partial charge in [0, 0.05) is 5.39 Å². The molecule has 1 fully saturated rings. The van der Waals surface area contributed by atoms with Crippen molar-refractivity contribution in [2.45, 2.75) is 29.3 Å². The normalized spacial score (nSPS) is 31.5. The average molecular weight is 601 g/mol. The molecule has 1 heterocycles. The van der Waals surface area contributed by atoms with E-state index in [-0.39, 0.29) is 22.5 Å². The first-order chi connectivity index (χ1) is 20.6. The molecule has 1 amide bonds. The van der Waals surface area contributed by atoms with E-state index >= 15 is 0 Å². The molecule has 1 aromatic heterocycles. The highest BCUT2D eigenvalue weighted by Crippen LogP contribution is 2.60. The number of hydrogen-bond donors (Lipinski definition) is 8. The molecular weight excluding hydrogens is 572 g/mol. The Morgan fingerprint density at radius 1 is 1.09 bits per heavy atom. The minimum absolute atomic E-state index is 0.00727. The monoisotopic (exact) mass is 600 g/mol. The lowest BCUT2D eigenvalue weighted by Gasteiger charge is -2.62. The van der Waals surface area contributed by atoms with Gasteiger partial charge in [0.05, 0.1) is 40.4 Å². The summed E-state index contributed by atoms with van der Waals surface area (Å²) in [5, 5.41) is 57.8. The van der Waals surface area contributed by atoms with Gasteiger partial charge in [-0.3, -0.25) is 19.3 Å². The van der Waals surface area contributed by atoms with E-state index in [1.807, 2.05) is 0 Å². The summed E-state index contributed by atoms with van der Waals surface area (Å²) in [6.07, 6.45) is -2.29. The molecule has 44 heavy (non-hydrogen) atoms. The number of nitrogens with zero attached hydrogens (tertiary/aromatic N) is 2. The predicted octanol–water partition coefficient (Wildman–Crippen LogP) is -0.253. The fourth-order valence-corrected chi connectivity index (χ4v) is 7.19. The van der Waals surface area contributed by atoms with Gasteiger partial charge < -0.3 is 47.8 Å². The van der Waals surface area contributed by atoms with E-state index in [0.29, 0.717) is 5.58 Å². The first kappa shape index (κ1) is 29.1. The molecule has 6 atom stereocenters. The lowest BCUT2D eigenvalue weighted by Crippen LogP contribution is -2.87. The summed E-state index contributed by atoms with van der Waals surface area (Å²) in [5.74, 6) is -6.80. The fraction of sp³-hybridized carbons (Fsp3) is 0.267. The van der Waals surface area contributed by atoms with Gasteiger partial charge in [0.15, 0.2) is 17.0 Å². The van der Waals surface area contributed by atoms with Crippen LogP contribution in [0.25, 0.3) is 28.1 Å². The van der Waals surface area contributed by atoms with E-state index in [1.54, 1.807) is 36.4 Å². The van der Waals surface area contributed by atoms with E-state index in [1.165, 1.54) is 26.2 Å². The summed E-state index contributed by atoms with van der Waals surface area (Å²) in [7, 11) is 2.66. The third-order valence-corrected chi connectivity index (χ3v) is 9.25. The molecule has 1 saturated carbocycles. The van der Waals surface area contributed by atoms with Crippen molar-refractivity contribution in [2.75, 3.05) is 14.1 Å². The molecule has 0 spiro atoms. The standard InChI is InChI=1S/C30H28N6O8/c1-36(2)23-21(39)17(26(33)42)24(40)28(10-31)25(41)18-20(38)16-13(22(32)29(18,34)27(43)30(23,28)35)8-7-12(19(16)37)15-9-11-5-3-4-6-14(11)44-15/h3-9,22-23,27,37-38,40,43H,32,34-35H2,1-2H3,(H2,33,42)/t22-,23+,27-,28-,29+,30-/m0/s1. The van der Waals surface area contributed by atoms with Gasteiger partial charge in [-0.15, -0.1) is 0 Å². The number of fused-ring (bicyclic) bond motifs is 4. The van der Waals surface area contributed by atoms with Crippen LogP contribution in [0.3, 0.4) is 0 Å². The third-order valence-electron chi connectivity index (χ3n) is 9.25. The largest absolute Gasteiger partial charge is 0.509 e. The number of carbonyl (C=O) groups is 3. The highest BCUT2D eigenvalue weighted by atomic mass is 16.3. The van der Waals surface area contributed by atoms with Crippen molar-refractivity contribution in [1.82, 2.24) is 4.90 Å². The predicted molar refractivity (Wildman–Crippen MR) is 154 cm³/mol. The summed E-state index contributed by atoms with van der Waals surface area (Å²) in [5.41, 5.74) is 15.5. The second-order valence-corrected chi connectivity index (χ2v) is 11.6. The SMILES string of the molecule is CN(C)[C@@H]1C(=O)C(C(N)=O)=C(O)[C@@]2(C#N)C(=O)C3=C(O)c4c(ccc(-c5cc6ccccc6o5)c4O)[C@H](N)[C@@]3(N)[C@H](O)[C@@]12N. The lowest BCUT2D eigenvalue weighted by atomic mass is 9.45. The van der Waals surface area contributed by atoms with Gasteiger partial charge in [0.25, 0.3) is 5.91 Å². The van der Waals surface area contributed by atoms with E-state index in [0.717, 1.165) is 10.3 Å². The summed E-state index contributed by atoms with van der Waals surface area (Å²) < 4.78 is 5.86. The van der Waals surface area contributed by atoms with Crippen LogP contribution in [0.5, 0.6) is 5.75 Å². The summed E-state index contributed by atoms with van der Waals surface area (Å²) in [6.45, 7) is 0. The highest BCUT2D eigenvalue weighted by Gasteiger charge is 2.79. The molecule has 3 aliphatic rings. The zero-order valence-corrected chi connectivity index (χ0v) is 23.4. The first-order valence-corrected chi connectivity index (χ1v) is 13.3. The number of primary amides is 1. The number of ketones is 2. The number of phenols is 1. The Morgan fingerprint density at radius 2 is 1.75 bits per heavy atom. The lowest BCUT2D eigenvalue weighted by molar-refractivity contribution is -0.153. The molecule has 0 saturated heterocycles. The van der Waals surface area contributed by atoms with Crippen LogP contribution in [-0.2, 0) is 14.4 Å². The number of aliphatic hydroxyl groups is 3. The average Bonchev–Trinajstić information content (AvgIpc) is 3.39. The molecular formula is C30H28N6O8. The van der Waals surface area contributed by atoms with Crippen LogP contribution >= 0.6 is 0 Å². The molecule has 14 heteroatoms. The molecule has 14 nitrogen and oxygen atoms in total. The Bertz CT molecular complexity index is 1920. The molecule has 0 aliphatic heterocycles. The number of aromatic hydroxyl groups is 1. The number of rotatable bonds is 3. The van der Waals surface area contributed by atoms with Gasteiger partial charge in [-0.25, -0.2) is 0 Å². The number of Topliss-reactive ketones (excluding diaryl/α,β-unsaturated/α-hetero) is 2. The van der Waals surface area contributed by atoms with E-state index in [4.69, 9.17) is 27.4 Å². The van der Waals surface area contributed by atoms with Crippen molar-refractivity contribution in [3.8, 4) is 23.1 Å². The second-order valence-electron chi connectivity index (χ2n) is 11.6. The van der Waals surface area contributed by atoms with E-state index in [9.17, 15) is 40.1 Å². The van der Waals surface area contributed by atoms with Crippen molar-refractivity contribution in [1.29, 1.82) is 5.26 Å². The number of carbonyl (C=O) groups excluding carboxylic acids is 3. The van der Waals surface area contributed by atoms with Gasteiger partial charge in [-0.1, -0.05) is 24.3 Å². The van der Waals surface area contributed by atoms with Gasteiger partial charge in [-0.2, -0.15) is 5.26 Å². The molecule has 0 bridgehead atoms. The number of aliphatic hydroxyl groups excluding tert-OH is 3. The summed E-state index contributed by atoms with van der Waals surface area (Å²) in [4.78, 5) is 41.6. The topological polar surface area (TPSA) is 276 Å². The van der Waals surface area contributed by atoms with Crippen LogP contribution in [0, 0.1) is 16.7 Å². The zero-order chi connectivity index (χ0) is 32.3. The molecule has 2 aromatic carbocycles. The van der Waals surface area contributed by atoms with Crippen LogP contribution in [0.1, 0.15) is 17.2 Å². The van der Waals surface area contributed by atoms with Gasteiger partial charge in [0.2, 0.25) is 0 Å². The number of hydrogen-bond acceptors (Lipinski definition) is 13. The molecule has 3 aliphatic carbocycles. The summed E-state index contributed by atoms with van der Waals surface area (Å²) >= 11 is 0. The first-order valence-electron chi connectivity index (χ1n) is 13.3. The van der Waals surface area contributed by atoms with Crippen molar-refractivity contribution in [3.05, 3.63) is 70.5 Å². The highest BCUT2D eigenvalue weighted by molar-refractivity contribution is 6.26. The Balaban J connectivity index is 1.68. The minimum Gasteiger partial charge on any atom is -0.509 e. The third kappa shape index (κ3) is 3.06.